The summed E-state index contributed by atoms with van der Waals surface area (Å²) in [6.45, 7) is 0.657. The minimum atomic E-state index is 0.657. The van der Waals surface area contributed by atoms with Crippen LogP contribution in [0.5, 0.6) is 0 Å². The average Bonchev–Trinajstić information content (AvgIpc) is 2.07. The Balaban J connectivity index is 2.61. The van der Waals surface area contributed by atoms with E-state index in [0.29, 0.717) is 6.67 Å². The average molecular weight is 151 g/mol. The highest BCUT2D eigenvalue weighted by molar-refractivity contribution is 5.43. The van der Waals surface area contributed by atoms with Gasteiger partial charge in [-0.05, 0) is 19.2 Å². The van der Waals surface area contributed by atoms with E-state index < -0.39 is 0 Å². The monoisotopic (exact) mass is 151 g/mol. The fraction of sp³-hybridized carbons (Fsp3) is 0.250. The normalized spacial score (nSPS) is 9.64. The van der Waals surface area contributed by atoms with Gasteiger partial charge in [-0.2, -0.15) is 0 Å². The maximum atomic E-state index is 5.68. The molecule has 0 bridgehead atoms. The number of rotatable bonds is 3. The summed E-state index contributed by atoms with van der Waals surface area (Å²) >= 11 is 0. The molecule has 0 saturated heterocycles. The Morgan fingerprint density at radius 1 is 1.36 bits per heavy atom. The minimum absolute atomic E-state index is 0.657. The van der Waals surface area contributed by atoms with Gasteiger partial charge in [-0.1, -0.05) is 18.2 Å². The van der Waals surface area contributed by atoms with E-state index in [1.165, 1.54) is 0 Å². The second-order valence-corrected chi connectivity index (χ2v) is 2.32. The standard InChI is InChI=1S/C8H13N3/c1-10-7-11(9)8-5-3-2-4-6-8/h2-6,10H,7,9H2,1H3. The number of para-hydroxylation sites is 1. The number of anilines is 1. The maximum Gasteiger partial charge on any atom is 0.0833 e. The largest absolute Gasteiger partial charge is 0.302 e. The minimum Gasteiger partial charge on any atom is -0.302 e. The second-order valence-electron chi connectivity index (χ2n) is 2.32. The molecule has 0 aliphatic heterocycles. The fourth-order valence-electron chi connectivity index (χ4n) is 0.881. The lowest BCUT2D eigenvalue weighted by Crippen LogP contribution is -2.37. The molecule has 0 aliphatic rings. The van der Waals surface area contributed by atoms with Crippen LogP contribution in [0.3, 0.4) is 0 Å². The molecule has 3 heteroatoms. The number of benzene rings is 1. The molecule has 0 aliphatic carbocycles. The van der Waals surface area contributed by atoms with Crippen molar-refractivity contribution >= 4 is 5.69 Å². The van der Waals surface area contributed by atoms with Gasteiger partial charge >= 0.3 is 0 Å². The number of hydrazine groups is 1. The zero-order chi connectivity index (χ0) is 8.10. The molecule has 3 N–H and O–H groups in total. The molecule has 0 amide bonds. The summed E-state index contributed by atoms with van der Waals surface area (Å²) in [5, 5.41) is 4.62. The lowest BCUT2D eigenvalue weighted by atomic mass is 10.3. The Bertz CT molecular complexity index is 198. The van der Waals surface area contributed by atoms with E-state index in [2.05, 4.69) is 5.32 Å². The molecule has 0 aromatic heterocycles. The molecular formula is C8H13N3. The molecule has 0 fully saturated rings. The summed E-state index contributed by atoms with van der Waals surface area (Å²) in [5.41, 5.74) is 1.02. The third kappa shape index (κ3) is 2.22. The van der Waals surface area contributed by atoms with Gasteiger partial charge in [-0.3, -0.25) is 5.01 Å². The van der Waals surface area contributed by atoms with Crippen LogP contribution in [0.15, 0.2) is 30.3 Å². The van der Waals surface area contributed by atoms with Crippen LogP contribution in [-0.2, 0) is 0 Å². The molecule has 0 saturated carbocycles. The molecule has 60 valence electrons. The second kappa shape index (κ2) is 3.95. The molecule has 0 unspecified atom stereocenters. The smallest absolute Gasteiger partial charge is 0.0833 e. The first-order valence-corrected chi connectivity index (χ1v) is 3.56. The Morgan fingerprint density at radius 3 is 2.55 bits per heavy atom. The van der Waals surface area contributed by atoms with Crippen LogP contribution in [0.1, 0.15) is 0 Å². The van der Waals surface area contributed by atoms with Crippen molar-refractivity contribution in [2.45, 2.75) is 0 Å². The SMILES string of the molecule is CNCN(N)c1ccccc1. The van der Waals surface area contributed by atoms with Gasteiger partial charge in [0, 0.05) is 0 Å². The van der Waals surface area contributed by atoms with Crippen molar-refractivity contribution in [3.05, 3.63) is 30.3 Å². The summed E-state index contributed by atoms with van der Waals surface area (Å²) in [6.07, 6.45) is 0. The molecule has 0 heterocycles. The quantitative estimate of drug-likeness (QED) is 0.376. The van der Waals surface area contributed by atoms with Crippen molar-refractivity contribution in [3.63, 3.8) is 0 Å². The Kier molecular flexibility index (Phi) is 2.89. The Labute approximate surface area is 66.8 Å². The van der Waals surface area contributed by atoms with E-state index in [1.807, 2.05) is 37.4 Å². The van der Waals surface area contributed by atoms with E-state index in [9.17, 15) is 0 Å². The fourth-order valence-corrected chi connectivity index (χ4v) is 0.881. The van der Waals surface area contributed by atoms with Gasteiger partial charge in [0.2, 0.25) is 0 Å². The summed E-state index contributed by atoms with van der Waals surface area (Å²) in [7, 11) is 1.86. The van der Waals surface area contributed by atoms with Crippen molar-refractivity contribution in [3.8, 4) is 0 Å². The topological polar surface area (TPSA) is 41.3 Å². The van der Waals surface area contributed by atoms with Gasteiger partial charge in [0.1, 0.15) is 0 Å². The highest BCUT2D eigenvalue weighted by Gasteiger charge is 1.95. The van der Waals surface area contributed by atoms with Crippen LogP contribution < -0.4 is 16.2 Å². The highest BCUT2D eigenvalue weighted by Crippen LogP contribution is 2.07. The van der Waals surface area contributed by atoms with Crippen LogP contribution in [0.25, 0.3) is 0 Å². The van der Waals surface area contributed by atoms with Crippen molar-refractivity contribution in [2.75, 3.05) is 18.7 Å². The third-order valence-electron chi connectivity index (χ3n) is 1.42. The van der Waals surface area contributed by atoms with Gasteiger partial charge < -0.3 is 5.32 Å². The van der Waals surface area contributed by atoms with Crippen LogP contribution in [0.2, 0.25) is 0 Å². The summed E-state index contributed by atoms with van der Waals surface area (Å²) < 4.78 is 0. The molecular weight excluding hydrogens is 138 g/mol. The van der Waals surface area contributed by atoms with E-state index in [-0.39, 0.29) is 0 Å². The number of hydrogen-bond donors (Lipinski definition) is 2. The van der Waals surface area contributed by atoms with E-state index in [1.54, 1.807) is 5.01 Å². The highest BCUT2D eigenvalue weighted by atomic mass is 15.4. The summed E-state index contributed by atoms with van der Waals surface area (Å²) in [4.78, 5) is 0. The molecule has 0 atom stereocenters. The van der Waals surface area contributed by atoms with Crippen LogP contribution >= 0.6 is 0 Å². The van der Waals surface area contributed by atoms with Gasteiger partial charge in [-0.15, -0.1) is 0 Å². The van der Waals surface area contributed by atoms with E-state index in [0.717, 1.165) is 5.69 Å². The zero-order valence-electron chi connectivity index (χ0n) is 6.62. The first kappa shape index (κ1) is 8.04. The van der Waals surface area contributed by atoms with Crippen molar-refractivity contribution in [1.29, 1.82) is 0 Å². The predicted molar refractivity (Wildman–Crippen MR) is 47.0 cm³/mol. The molecule has 0 spiro atoms. The summed E-state index contributed by atoms with van der Waals surface area (Å²) in [6, 6.07) is 9.83. The molecule has 0 radical (unpaired) electrons. The zero-order valence-corrected chi connectivity index (χ0v) is 6.62. The Hall–Kier alpha value is -1.06. The Morgan fingerprint density at radius 2 is 2.00 bits per heavy atom. The van der Waals surface area contributed by atoms with Crippen LogP contribution in [-0.4, -0.2) is 13.7 Å². The predicted octanol–water partition coefficient (Wildman–Crippen LogP) is 0.544. The first-order chi connectivity index (χ1) is 5.34. The van der Waals surface area contributed by atoms with Crippen molar-refractivity contribution in [2.24, 2.45) is 5.84 Å². The van der Waals surface area contributed by atoms with Crippen LogP contribution in [0, 0.1) is 0 Å². The summed E-state index contributed by atoms with van der Waals surface area (Å²) in [5.74, 6) is 5.68. The van der Waals surface area contributed by atoms with Crippen molar-refractivity contribution in [1.82, 2.24) is 5.32 Å². The van der Waals surface area contributed by atoms with E-state index >= 15 is 0 Å². The molecule has 3 nitrogen and oxygen atoms in total. The lowest BCUT2D eigenvalue weighted by molar-refractivity contribution is 0.741. The molecule has 1 aromatic rings. The number of hydrogen-bond acceptors (Lipinski definition) is 3. The van der Waals surface area contributed by atoms with Gasteiger partial charge in [0.05, 0.1) is 12.4 Å². The number of nitrogens with one attached hydrogen (secondary N) is 1. The van der Waals surface area contributed by atoms with Gasteiger partial charge in [0.25, 0.3) is 0 Å². The van der Waals surface area contributed by atoms with E-state index in [4.69, 9.17) is 5.84 Å². The van der Waals surface area contributed by atoms with Gasteiger partial charge in [-0.25, -0.2) is 5.84 Å². The van der Waals surface area contributed by atoms with Gasteiger partial charge in [0.15, 0.2) is 0 Å². The maximum absolute atomic E-state index is 5.68. The molecule has 1 rings (SSSR count). The number of nitrogens with zero attached hydrogens (tertiary/aromatic N) is 1. The first-order valence-electron chi connectivity index (χ1n) is 3.56. The van der Waals surface area contributed by atoms with Crippen LogP contribution in [0.4, 0.5) is 5.69 Å². The third-order valence-corrected chi connectivity index (χ3v) is 1.42. The number of nitrogens with two attached hydrogens (primary N) is 1. The van der Waals surface area contributed by atoms with Crippen molar-refractivity contribution < 1.29 is 0 Å². The molecule has 1 aromatic carbocycles. The molecule has 11 heavy (non-hydrogen) atoms. The lowest BCUT2D eigenvalue weighted by Gasteiger charge is -2.17.